The number of benzene rings is 4. The second-order valence-corrected chi connectivity index (χ2v) is 18.8. The minimum absolute atomic E-state index is 0.0567. The Hall–Kier alpha value is -1.46. The van der Waals surface area contributed by atoms with E-state index in [1.807, 2.05) is 23.5 Å². The lowest BCUT2D eigenvalue weighted by molar-refractivity contribution is -2.00. The van der Waals surface area contributed by atoms with E-state index in [9.17, 15) is 0 Å². The van der Waals surface area contributed by atoms with Crippen LogP contribution in [0.1, 0.15) is 52.4 Å². The zero-order valence-electron chi connectivity index (χ0n) is 26.3. The van der Waals surface area contributed by atoms with Gasteiger partial charge in [0.05, 0.1) is 41.4 Å². The molecule has 4 aromatic rings. The fourth-order valence-corrected chi connectivity index (χ4v) is 15.2. The summed E-state index contributed by atoms with van der Waals surface area (Å²) in [5.41, 5.74) is 0. The maximum Gasteiger partial charge on any atom is 0.177 e. The molecule has 0 amide bonds. The standard InChI is InChI=1S/C34H36S4.2ClHO4/c1-3-5-19-33(37-29-21-11-7-15-25(29)35-26-16-8-12-22-30(26)37)34(20-6-4-2)38-31-23-13-9-17-27(31)36-28-18-10-14-24-32(28)38;2*2-1(3,4)5/h7-18,21-24,33-34H,3-6,19-20H2,1-2H3;2*(H,2,3,4,5)/q+2;;/p-2/t33-,34+;;. The van der Waals surface area contributed by atoms with Crippen LogP contribution in [0.15, 0.2) is 136 Å². The third-order valence-electron chi connectivity index (χ3n) is 7.49. The van der Waals surface area contributed by atoms with Crippen LogP contribution in [0.4, 0.5) is 0 Å². The summed E-state index contributed by atoms with van der Waals surface area (Å²) in [6, 6.07) is 37.2. The molecule has 2 atom stereocenters. The molecule has 2 aliphatic rings. The van der Waals surface area contributed by atoms with E-state index < -0.39 is 20.5 Å². The summed E-state index contributed by atoms with van der Waals surface area (Å²) in [6.45, 7) is 4.73. The fourth-order valence-electron chi connectivity index (χ4n) is 5.71. The lowest BCUT2D eigenvalue weighted by Crippen LogP contribution is -2.68. The average Bonchev–Trinajstić information content (AvgIpc) is 3.03. The first-order chi connectivity index (χ1) is 22.8. The van der Waals surface area contributed by atoms with Crippen molar-refractivity contribution in [3.05, 3.63) is 97.1 Å². The van der Waals surface area contributed by atoms with Gasteiger partial charge < -0.3 is 0 Å². The molecule has 258 valence electrons. The molecular formula is C34H36Cl2O8S4. The summed E-state index contributed by atoms with van der Waals surface area (Å²) in [4.78, 5) is 12.2. The van der Waals surface area contributed by atoms with Gasteiger partial charge in [-0.15, -0.1) is 20.5 Å². The smallest absolute Gasteiger partial charge is 0.177 e. The number of hydrogen-bond acceptors (Lipinski definition) is 10. The topological polar surface area (TPSA) is 184 Å². The predicted molar refractivity (Wildman–Crippen MR) is 168 cm³/mol. The van der Waals surface area contributed by atoms with Gasteiger partial charge in [0.1, 0.15) is 0 Å². The average molecular weight is 772 g/mol. The van der Waals surface area contributed by atoms with E-state index in [2.05, 4.69) is 111 Å². The predicted octanol–water partition coefficient (Wildman–Crippen LogP) is 0.994. The Morgan fingerprint density at radius 1 is 0.458 bits per heavy atom. The molecule has 0 N–H and O–H groups in total. The van der Waals surface area contributed by atoms with Crippen LogP contribution in [0.25, 0.3) is 0 Å². The number of halogens is 2. The molecule has 0 aromatic heterocycles. The molecule has 48 heavy (non-hydrogen) atoms. The van der Waals surface area contributed by atoms with Crippen LogP contribution in [-0.2, 0) is 21.8 Å². The molecule has 8 nitrogen and oxygen atoms in total. The van der Waals surface area contributed by atoms with Crippen LogP contribution in [0.5, 0.6) is 0 Å². The number of fused-ring (bicyclic) bond motifs is 4. The van der Waals surface area contributed by atoms with Crippen molar-refractivity contribution in [2.75, 3.05) is 0 Å². The van der Waals surface area contributed by atoms with E-state index in [1.54, 1.807) is 19.6 Å². The highest BCUT2D eigenvalue weighted by molar-refractivity contribution is 8.06. The zero-order valence-corrected chi connectivity index (χ0v) is 31.1. The van der Waals surface area contributed by atoms with Gasteiger partial charge in [0, 0.05) is 12.8 Å². The third kappa shape index (κ3) is 11.3. The van der Waals surface area contributed by atoms with Crippen molar-refractivity contribution in [1.82, 2.24) is 0 Å². The molecule has 2 aliphatic heterocycles. The zero-order chi connectivity index (χ0) is 34.9. The summed E-state index contributed by atoms with van der Waals surface area (Å²) >= 11 is 3.95. The highest BCUT2D eigenvalue weighted by Crippen LogP contribution is 2.53. The van der Waals surface area contributed by atoms with E-state index in [1.165, 1.54) is 58.1 Å². The van der Waals surface area contributed by atoms with Crippen LogP contribution in [0.2, 0.25) is 0 Å². The SMILES string of the molecule is CCCC[C@H]([C@H](CCCC)[S+]1c2ccccc2Sc2ccccc21)[S+]1c2ccccc2Sc2ccccc21.[O-][Cl+3]([O-])([O-])[O-].[O-][Cl+3]([O-])([O-])[O-]. The number of unbranched alkanes of at least 4 members (excludes halogenated alkanes) is 2. The van der Waals surface area contributed by atoms with Gasteiger partial charge in [-0.2, -0.15) is 0 Å². The lowest BCUT2D eigenvalue weighted by atomic mass is 10.1. The molecule has 0 spiro atoms. The molecule has 0 saturated heterocycles. The number of rotatable bonds is 9. The second kappa shape index (κ2) is 18.2. The maximum absolute atomic E-state index is 8.49. The molecule has 0 saturated carbocycles. The minimum atomic E-state index is -4.94. The van der Waals surface area contributed by atoms with E-state index in [4.69, 9.17) is 37.3 Å². The van der Waals surface area contributed by atoms with Gasteiger partial charge in [0.2, 0.25) is 0 Å². The lowest BCUT2D eigenvalue weighted by Gasteiger charge is -2.32. The van der Waals surface area contributed by atoms with Crippen LogP contribution >= 0.6 is 23.5 Å². The minimum Gasteiger partial charge on any atom is -0.222 e. The largest absolute Gasteiger partial charge is 0.222 e. The van der Waals surface area contributed by atoms with Crippen LogP contribution < -0.4 is 37.3 Å². The fraction of sp³-hybridized carbons (Fsp3) is 0.294. The molecule has 0 aliphatic carbocycles. The Kier molecular flexibility index (Phi) is 14.9. The first-order valence-electron chi connectivity index (χ1n) is 15.2. The van der Waals surface area contributed by atoms with Gasteiger partial charge in [-0.05, 0) is 61.4 Å². The maximum atomic E-state index is 8.49. The van der Waals surface area contributed by atoms with Crippen molar-refractivity contribution in [2.45, 2.75) is 102 Å². The van der Waals surface area contributed by atoms with Gasteiger partial charge in [0.25, 0.3) is 0 Å². The first kappa shape index (κ1) is 39.3. The van der Waals surface area contributed by atoms with Crippen LogP contribution in [-0.4, -0.2) is 10.5 Å². The van der Waals surface area contributed by atoms with Gasteiger partial charge in [0.15, 0.2) is 30.1 Å². The van der Waals surface area contributed by atoms with Crippen LogP contribution in [0.3, 0.4) is 0 Å². The normalized spacial score (nSPS) is 15.3. The molecule has 6 rings (SSSR count). The first-order valence-corrected chi connectivity index (χ1v) is 21.9. The molecule has 4 aromatic carbocycles. The molecule has 0 bridgehead atoms. The van der Waals surface area contributed by atoms with Gasteiger partial charge >= 0.3 is 0 Å². The van der Waals surface area contributed by atoms with Crippen LogP contribution in [0, 0.1) is 20.5 Å². The van der Waals surface area contributed by atoms with E-state index >= 15 is 0 Å². The van der Waals surface area contributed by atoms with Gasteiger partial charge in [-0.1, -0.05) is 98.7 Å². The Balaban J connectivity index is 0.000000458. The highest BCUT2D eigenvalue weighted by Gasteiger charge is 2.54. The van der Waals surface area contributed by atoms with E-state index in [0.717, 1.165) is 0 Å². The highest BCUT2D eigenvalue weighted by atomic mass is 35.7. The Morgan fingerprint density at radius 2 is 0.688 bits per heavy atom. The van der Waals surface area contributed by atoms with E-state index in [0.29, 0.717) is 10.5 Å². The Labute approximate surface area is 300 Å². The Bertz CT molecular complexity index is 1400. The molecule has 2 heterocycles. The van der Waals surface area contributed by atoms with Crippen molar-refractivity contribution < 1.29 is 57.8 Å². The molecule has 14 heteroatoms. The molecule has 0 fully saturated rings. The van der Waals surface area contributed by atoms with Crippen molar-refractivity contribution in [3.8, 4) is 0 Å². The summed E-state index contributed by atoms with van der Waals surface area (Å²) in [7, 11) is -9.78. The summed E-state index contributed by atoms with van der Waals surface area (Å²) in [5.74, 6) is 0. The second-order valence-electron chi connectivity index (χ2n) is 10.8. The van der Waals surface area contributed by atoms with Crippen molar-refractivity contribution in [1.29, 1.82) is 0 Å². The monoisotopic (exact) mass is 770 g/mol. The Morgan fingerprint density at radius 3 is 0.917 bits per heavy atom. The molecular weight excluding hydrogens is 736 g/mol. The van der Waals surface area contributed by atoms with Crippen molar-refractivity contribution >= 4 is 45.3 Å². The van der Waals surface area contributed by atoms with Crippen molar-refractivity contribution in [2.24, 2.45) is 0 Å². The van der Waals surface area contributed by atoms with Gasteiger partial charge in [-0.25, -0.2) is 37.3 Å². The summed E-state index contributed by atoms with van der Waals surface area (Å²) < 4.78 is 67.9. The third-order valence-corrected chi connectivity index (χ3v) is 16.1. The summed E-state index contributed by atoms with van der Waals surface area (Å²) in [5, 5.41) is 1.24. The van der Waals surface area contributed by atoms with E-state index in [-0.39, 0.29) is 21.8 Å². The molecule has 0 radical (unpaired) electrons. The van der Waals surface area contributed by atoms with Crippen molar-refractivity contribution in [3.63, 3.8) is 0 Å². The quantitative estimate of drug-likeness (QED) is 0.223. The molecule has 0 unspecified atom stereocenters. The summed E-state index contributed by atoms with van der Waals surface area (Å²) in [6.07, 6.45) is 7.68. The van der Waals surface area contributed by atoms with Gasteiger partial charge in [-0.3, -0.25) is 0 Å². The number of hydrogen-bond donors (Lipinski definition) is 0.